The van der Waals surface area contributed by atoms with Crippen LogP contribution in [0.1, 0.15) is 28.2 Å². The summed E-state index contributed by atoms with van der Waals surface area (Å²) in [5.41, 5.74) is 1.29. The predicted octanol–water partition coefficient (Wildman–Crippen LogP) is 3.72. The highest BCUT2D eigenvalue weighted by Crippen LogP contribution is 1.93. The van der Waals surface area contributed by atoms with Crippen molar-refractivity contribution in [3.05, 3.63) is 36.0 Å². The molecule has 0 aromatic heterocycles. The molecule has 0 aliphatic heterocycles. The van der Waals surface area contributed by atoms with Gasteiger partial charge in [0.05, 0.1) is 0 Å². The quantitative estimate of drug-likeness (QED) is 0.510. The van der Waals surface area contributed by atoms with Gasteiger partial charge in [0.25, 0.3) is 0 Å². The molecule has 0 aromatic carbocycles. The number of hydrogen-bond acceptors (Lipinski definition) is 0. The van der Waals surface area contributed by atoms with Crippen LogP contribution < -0.4 is 0 Å². The molecule has 0 spiro atoms. The molecule has 0 aliphatic rings. The zero-order chi connectivity index (χ0) is 7.11. The summed E-state index contributed by atoms with van der Waals surface area (Å²) >= 11 is 0. The van der Waals surface area contributed by atoms with Gasteiger partial charge in [-0.1, -0.05) is 43.4 Å². The molecular formula is C10H18. The van der Waals surface area contributed by atoms with E-state index in [1.165, 1.54) is 5.57 Å². The molecule has 0 heterocycles. The minimum Gasteiger partial charge on any atom is -0.0877 e. The minimum absolute atomic E-state index is 0. The largest absolute Gasteiger partial charge is 0.0877 e. The standard InChI is InChI=1S/C9H14.CH4/c1-4-6-8-9(3)7-5-2;/h4-8H,1-3H3;1H4/b6-4+,7-5-,9-8-;. The summed E-state index contributed by atoms with van der Waals surface area (Å²) in [6, 6.07) is 0. The van der Waals surface area contributed by atoms with Crippen LogP contribution in [0.25, 0.3) is 0 Å². The Kier molecular flexibility index (Phi) is 9.82. The first-order valence-electron chi connectivity index (χ1n) is 3.23. The van der Waals surface area contributed by atoms with E-state index in [4.69, 9.17) is 0 Å². The van der Waals surface area contributed by atoms with Crippen LogP contribution in [0.15, 0.2) is 36.0 Å². The van der Waals surface area contributed by atoms with Gasteiger partial charge in [0.2, 0.25) is 0 Å². The summed E-state index contributed by atoms with van der Waals surface area (Å²) in [7, 11) is 0. The van der Waals surface area contributed by atoms with Crippen molar-refractivity contribution in [3.8, 4) is 0 Å². The lowest BCUT2D eigenvalue weighted by atomic mass is 10.2. The Hall–Kier alpha value is -0.780. The van der Waals surface area contributed by atoms with Crippen LogP contribution in [0.3, 0.4) is 0 Å². The van der Waals surface area contributed by atoms with Gasteiger partial charge in [0.1, 0.15) is 0 Å². The van der Waals surface area contributed by atoms with Gasteiger partial charge in [-0.25, -0.2) is 0 Å². The molecule has 0 aliphatic carbocycles. The number of hydrogen-bond donors (Lipinski definition) is 0. The lowest BCUT2D eigenvalue weighted by Crippen LogP contribution is -1.62. The van der Waals surface area contributed by atoms with E-state index in [1.54, 1.807) is 0 Å². The van der Waals surface area contributed by atoms with Gasteiger partial charge in [-0.05, 0) is 20.8 Å². The Bertz CT molecular complexity index is 136. The molecule has 0 heteroatoms. The van der Waals surface area contributed by atoms with Crippen molar-refractivity contribution in [2.45, 2.75) is 28.2 Å². The van der Waals surface area contributed by atoms with Crippen molar-refractivity contribution in [1.82, 2.24) is 0 Å². The summed E-state index contributed by atoms with van der Waals surface area (Å²) in [5.74, 6) is 0. The van der Waals surface area contributed by atoms with Gasteiger partial charge in [-0.15, -0.1) is 0 Å². The first kappa shape index (κ1) is 12.0. The Morgan fingerprint density at radius 1 is 1.10 bits per heavy atom. The molecule has 0 aromatic rings. The van der Waals surface area contributed by atoms with Gasteiger partial charge in [-0.2, -0.15) is 0 Å². The molecule has 0 saturated carbocycles. The fourth-order valence-corrected chi connectivity index (χ4v) is 0.566. The average Bonchev–Trinajstić information content (AvgIpc) is 1.85. The maximum absolute atomic E-state index is 2.08. The highest BCUT2D eigenvalue weighted by atomic mass is 13.8. The van der Waals surface area contributed by atoms with Crippen molar-refractivity contribution in [3.63, 3.8) is 0 Å². The molecule has 0 saturated heterocycles. The van der Waals surface area contributed by atoms with Crippen LogP contribution in [-0.2, 0) is 0 Å². The van der Waals surface area contributed by atoms with E-state index < -0.39 is 0 Å². The molecular weight excluding hydrogens is 120 g/mol. The smallest absolute Gasteiger partial charge is 0.0398 e. The third kappa shape index (κ3) is 7.22. The Balaban J connectivity index is 0. The van der Waals surface area contributed by atoms with Gasteiger partial charge in [0.15, 0.2) is 0 Å². The molecule has 0 nitrogen and oxygen atoms in total. The topological polar surface area (TPSA) is 0 Å². The van der Waals surface area contributed by atoms with Gasteiger partial charge in [0, 0.05) is 0 Å². The molecule has 0 unspecified atom stereocenters. The van der Waals surface area contributed by atoms with Crippen molar-refractivity contribution in [2.75, 3.05) is 0 Å². The van der Waals surface area contributed by atoms with E-state index in [0.29, 0.717) is 0 Å². The van der Waals surface area contributed by atoms with Crippen molar-refractivity contribution in [1.29, 1.82) is 0 Å². The van der Waals surface area contributed by atoms with Crippen LogP contribution in [0.5, 0.6) is 0 Å². The minimum atomic E-state index is 0. The maximum Gasteiger partial charge on any atom is -0.0398 e. The van der Waals surface area contributed by atoms with Crippen molar-refractivity contribution in [2.24, 2.45) is 0 Å². The second kappa shape index (κ2) is 8.22. The fourth-order valence-electron chi connectivity index (χ4n) is 0.566. The fraction of sp³-hybridized carbons (Fsp3) is 0.400. The van der Waals surface area contributed by atoms with E-state index in [-0.39, 0.29) is 7.43 Å². The summed E-state index contributed by atoms with van der Waals surface area (Å²) in [6.45, 7) is 6.12. The second-order valence-corrected chi connectivity index (χ2v) is 1.94. The van der Waals surface area contributed by atoms with E-state index in [0.717, 1.165) is 0 Å². The number of rotatable bonds is 2. The zero-order valence-electron chi connectivity index (χ0n) is 6.39. The van der Waals surface area contributed by atoms with Crippen LogP contribution in [0, 0.1) is 0 Å². The zero-order valence-corrected chi connectivity index (χ0v) is 6.39. The van der Waals surface area contributed by atoms with E-state index >= 15 is 0 Å². The molecule has 0 fully saturated rings. The Labute approximate surface area is 65.0 Å². The lowest BCUT2D eigenvalue weighted by molar-refractivity contribution is 1.50. The number of allylic oxidation sites excluding steroid dienone is 6. The van der Waals surface area contributed by atoms with Crippen molar-refractivity contribution < 1.29 is 0 Å². The molecule has 0 rings (SSSR count). The lowest BCUT2D eigenvalue weighted by Gasteiger charge is -1.83. The molecule has 0 amide bonds. The monoisotopic (exact) mass is 138 g/mol. The summed E-state index contributed by atoms with van der Waals surface area (Å²) in [5, 5.41) is 0. The highest BCUT2D eigenvalue weighted by molar-refractivity contribution is 5.20. The third-order valence-corrected chi connectivity index (χ3v) is 0.981. The van der Waals surface area contributed by atoms with Crippen LogP contribution >= 0.6 is 0 Å². The van der Waals surface area contributed by atoms with Crippen LogP contribution in [0.2, 0.25) is 0 Å². The highest BCUT2D eigenvalue weighted by Gasteiger charge is 1.72. The average molecular weight is 138 g/mol. The normalized spacial score (nSPS) is 12.5. The van der Waals surface area contributed by atoms with Crippen LogP contribution in [0.4, 0.5) is 0 Å². The maximum atomic E-state index is 2.08. The molecule has 10 heavy (non-hydrogen) atoms. The Morgan fingerprint density at radius 2 is 1.70 bits per heavy atom. The SMILES string of the molecule is C.C\C=C/C(C)=C\C=C\C. The van der Waals surface area contributed by atoms with Gasteiger partial charge in [-0.3, -0.25) is 0 Å². The van der Waals surface area contributed by atoms with Crippen molar-refractivity contribution >= 4 is 0 Å². The molecule has 58 valence electrons. The van der Waals surface area contributed by atoms with Gasteiger partial charge < -0.3 is 0 Å². The second-order valence-electron chi connectivity index (χ2n) is 1.94. The summed E-state index contributed by atoms with van der Waals surface area (Å²) in [6.07, 6.45) is 10.3. The molecule has 0 bridgehead atoms. The summed E-state index contributed by atoms with van der Waals surface area (Å²) in [4.78, 5) is 0. The first-order chi connectivity index (χ1) is 4.31. The van der Waals surface area contributed by atoms with E-state index in [2.05, 4.69) is 19.1 Å². The molecule has 0 radical (unpaired) electrons. The van der Waals surface area contributed by atoms with Gasteiger partial charge >= 0.3 is 0 Å². The van der Waals surface area contributed by atoms with E-state index in [1.807, 2.05) is 32.1 Å². The summed E-state index contributed by atoms with van der Waals surface area (Å²) < 4.78 is 0. The predicted molar refractivity (Wildman–Crippen MR) is 50.1 cm³/mol. The van der Waals surface area contributed by atoms with E-state index in [9.17, 15) is 0 Å². The molecule has 0 N–H and O–H groups in total. The van der Waals surface area contributed by atoms with Crippen LogP contribution in [-0.4, -0.2) is 0 Å². The first-order valence-corrected chi connectivity index (χ1v) is 3.23. The molecule has 0 atom stereocenters. The third-order valence-electron chi connectivity index (χ3n) is 0.981. The Morgan fingerprint density at radius 3 is 2.10 bits per heavy atom.